The highest BCUT2D eigenvalue weighted by Crippen LogP contribution is 2.25. The van der Waals surface area contributed by atoms with Crippen LogP contribution in [0.5, 0.6) is 0 Å². The number of benzene rings is 2. The molecule has 0 unspecified atom stereocenters. The maximum Gasteiger partial charge on any atom is 0.232 e. The zero-order valence-corrected chi connectivity index (χ0v) is 17.5. The molecule has 0 saturated carbocycles. The first-order chi connectivity index (χ1) is 12.2. The molecule has 0 aliphatic rings. The van der Waals surface area contributed by atoms with E-state index in [1.54, 1.807) is 18.2 Å². The summed E-state index contributed by atoms with van der Waals surface area (Å²) in [5.74, 6) is -0.137. The first kappa shape index (κ1) is 20.5. The molecule has 0 bridgehead atoms. The van der Waals surface area contributed by atoms with Gasteiger partial charge in [0.1, 0.15) is 0 Å². The minimum atomic E-state index is -3.42. The van der Waals surface area contributed by atoms with Gasteiger partial charge in [-0.15, -0.1) is 0 Å². The van der Waals surface area contributed by atoms with E-state index in [2.05, 4.69) is 21.2 Å². The van der Waals surface area contributed by atoms with E-state index in [4.69, 9.17) is 0 Å². The molecule has 0 spiro atoms. The van der Waals surface area contributed by atoms with Gasteiger partial charge in [-0.25, -0.2) is 8.42 Å². The van der Waals surface area contributed by atoms with Crippen LogP contribution in [0.1, 0.15) is 24.0 Å². The van der Waals surface area contributed by atoms with Gasteiger partial charge in [-0.05, 0) is 61.7 Å². The number of halogens is 1. The minimum absolute atomic E-state index is 0.137. The van der Waals surface area contributed by atoms with Crippen LogP contribution in [0, 0.1) is 13.8 Å². The molecule has 1 N–H and O–H groups in total. The molecule has 0 heterocycles. The third-order valence-electron chi connectivity index (χ3n) is 4.14. The summed E-state index contributed by atoms with van der Waals surface area (Å²) in [5, 5.41) is 2.81. The molecule has 0 radical (unpaired) electrons. The van der Waals surface area contributed by atoms with Gasteiger partial charge in [0.2, 0.25) is 15.9 Å². The maximum atomic E-state index is 12.2. The van der Waals surface area contributed by atoms with E-state index < -0.39 is 10.0 Å². The number of nitrogens with one attached hydrogen (secondary N) is 1. The van der Waals surface area contributed by atoms with Gasteiger partial charge in [-0.1, -0.05) is 28.1 Å². The molecule has 0 aliphatic heterocycles. The number of hydrogen-bond donors (Lipinski definition) is 1. The lowest BCUT2D eigenvalue weighted by molar-refractivity contribution is -0.116. The number of nitrogens with zero attached hydrogens (tertiary/aromatic N) is 1. The van der Waals surface area contributed by atoms with Crippen molar-refractivity contribution >= 4 is 43.2 Å². The van der Waals surface area contributed by atoms with Crippen molar-refractivity contribution < 1.29 is 13.2 Å². The monoisotopic (exact) mass is 438 g/mol. The highest BCUT2D eigenvalue weighted by molar-refractivity contribution is 9.10. The third-order valence-corrected chi connectivity index (χ3v) is 5.85. The minimum Gasteiger partial charge on any atom is -0.326 e. The van der Waals surface area contributed by atoms with Crippen LogP contribution in [-0.4, -0.2) is 27.1 Å². The molecule has 2 aromatic carbocycles. The van der Waals surface area contributed by atoms with E-state index in [0.29, 0.717) is 17.8 Å². The predicted molar refractivity (Wildman–Crippen MR) is 110 cm³/mol. The molecule has 0 saturated heterocycles. The van der Waals surface area contributed by atoms with Crippen molar-refractivity contribution in [1.29, 1.82) is 0 Å². The lowest BCUT2D eigenvalue weighted by Crippen LogP contribution is -2.32. The Labute approximate surface area is 163 Å². The normalized spacial score (nSPS) is 11.2. The fraction of sp³-hybridized carbons (Fsp3) is 0.316. The van der Waals surface area contributed by atoms with E-state index in [0.717, 1.165) is 15.6 Å². The largest absolute Gasteiger partial charge is 0.326 e. The lowest BCUT2D eigenvalue weighted by atomic mass is 10.1. The number of aryl methyl sites for hydroxylation is 1. The fourth-order valence-electron chi connectivity index (χ4n) is 2.61. The topological polar surface area (TPSA) is 66.5 Å². The summed E-state index contributed by atoms with van der Waals surface area (Å²) in [5.41, 5.74) is 3.34. The Hall–Kier alpha value is -1.86. The quantitative estimate of drug-likeness (QED) is 0.702. The summed E-state index contributed by atoms with van der Waals surface area (Å²) in [6.45, 7) is 4.12. The highest BCUT2D eigenvalue weighted by Gasteiger charge is 2.19. The summed E-state index contributed by atoms with van der Waals surface area (Å²) < 4.78 is 26.7. The summed E-state index contributed by atoms with van der Waals surface area (Å²) in [6.07, 6.45) is 1.87. The third kappa shape index (κ3) is 5.57. The Balaban J connectivity index is 2.01. The zero-order chi connectivity index (χ0) is 19.3. The molecule has 26 heavy (non-hydrogen) atoms. The average molecular weight is 439 g/mol. The van der Waals surface area contributed by atoms with Crippen molar-refractivity contribution in [2.24, 2.45) is 0 Å². The molecule has 2 aromatic rings. The van der Waals surface area contributed by atoms with Crippen molar-refractivity contribution in [3.8, 4) is 0 Å². The molecule has 2 rings (SSSR count). The molecule has 7 heteroatoms. The van der Waals surface area contributed by atoms with Crippen LogP contribution in [0.4, 0.5) is 11.4 Å². The Kier molecular flexibility index (Phi) is 6.83. The van der Waals surface area contributed by atoms with Crippen molar-refractivity contribution in [2.75, 3.05) is 22.4 Å². The van der Waals surface area contributed by atoms with Gasteiger partial charge >= 0.3 is 0 Å². The number of anilines is 2. The number of amides is 1. The second kappa shape index (κ2) is 8.68. The number of carbonyl (C=O) groups excluding carboxylic acids is 1. The summed E-state index contributed by atoms with van der Waals surface area (Å²) in [6, 6.07) is 12.9. The maximum absolute atomic E-state index is 12.2. The average Bonchev–Trinajstić information content (AvgIpc) is 2.56. The number of sulfonamides is 1. The second-order valence-electron chi connectivity index (χ2n) is 6.21. The van der Waals surface area contributed by atoms with Gasteiger partial charge < -0.3 is 5.32 Å². The number of hydrogen-bond acceptors (Lipinski definition) is 3. The summed E-state index contributed by atoms with van der Waals surface area (Å²) in [4.78, 5) is 12.1. The molecule has 0 aliphatic carbocycles. The standard InChI is InChI=1S/C19H23BrN2O3S/c1-14-6-4-7-18(15(14)2)22(26(3,24)25)13-5-8-19(23)21-17-11-9-16(20)10-12-17/h4,6-7,9-12H,5,8,13H2,1-3H3,(H,21,23). The molecule has 1 amide bonds. The fourth-order valence-corrected chi connectivity index (χ4v) is 3.89. The Bertz CT molecular complexity index is 880. The predicted octanol–water partition coefficient (Wildman–Crippen LogP) is 4.25. The van der Waals surface area contributed by atoms with Crippen LogP contribution in [0.15, 0.2) is 46.9 Å². The Morgan fingerprint density at radius 2 is 1.77 bits per heavy atom. The Morgan fingerprint density at radius 3 is 2.38 bits per heavy atom. The van der Waals surface area contributed by atoms with E-state index in [-0.39, 0.29) is 18.9 Å². The van der Waals surface area contributed by atoms with Crippen LogP contribution < -0.4 is 9.62 Å². The Morgan fingerprint density at radius 1 is 1.12 bits per heavy atom. The van der Waals surface area contributed by atoms with Crippen LogP contribution in [-0.2, 0) is 14.8 Å². The molecule has 5 nitrogen and oxygen atoms in total. The van der Waals surface area contributed by atoms with Gasteiger partial charge in [-0.3, -0.25) is 9.10 Å². The number of carbonyl (C=O) groups is 1. The van der Waals surface area contributed by atoms with Crippen LogP contribution in [0.25, 0.3) is 0 Å². The second-order valence-corrected chi connectivity index (χ2v) is 9.04. The first-order valence-electron chi connectivity index (χ1n) is 8.28. The molecule has 0 aromatic heterocycles. The zero-order valence-electron chi connectivity index (χ0n) is 15.1. The van der Waals surface area contributed by atoms with Gasteiger partial charge in [0.05, 0.1) is 11.9 Å². The molecule has 0 atom stereocenters. The van der Waals surface area contributed by atoms with E-state index >= 15 is 0 Å². The number of rotatable bonds is 7. The molecule has 0 fully saturated rings. The van der Waals surface area contributed by atoms with Crippen molar-refractivity contribution in [3.63, 3.8) is 0 Å². The van der Waals surface area contributed by atoms with Gasteiger partial charge in [0.25, 0.3) is 0 Å². The van der Waals surface area contributed by atoms with Crippen LogP contribution in [0.2, 0.25) is 0 Å². The smallest absolute Gasteiger partial charge is 0.232 e. The van der Waals surface area contributed by atoms with Crippen molar-refractivity contribution in [1.82, 2.24) is 0 Å². The molecular formula is C19H23BrN2O3S. The van der Waals surface area contributed by atoms with Gasteiger partial charge in [0.15, 0.2) is 0 Å². The van der Waals surface area contributed by atoms with E-state index in [9.17, 15) is 13.2 Å². The summed E-state index contributed by atoms with van der Waals surface area (Å²) in [7, 11) is -3.42. The highest BCUT2D eigenvalue weighted by atomic mass is 79.9. The van der Waals surface area contributed by atoms with Gasteiger partial charge in [0, 0.05) is 23.1 Å². The van der Waals surface area contributed by atoms with Gasteiger partial charge in [-0.2, -0.15) is 0 Å². The van der Waals surface area contributed by atoms with Crippen LogP contribution >= 0.6 is 15.9 Å². The molecular weight excluding hydrogens is 416 g/mol. The van der Waals surface area contributed by atoms with E-state index in [1.165, 1.54) is 10.6 Å². The summed E-state index contributed by atoms with van der Waals surface area (Å²) >= 11 is 3.35. The SMILES string of the molecule is Cc1cccc(N(CCCC(=O)Nc2ccc(Br)cc2)S(C)(=O)=O)c1C. The first-order valence-corrected chi connectivity index (χ1v) is 10.9. The lowest BCUT2D eigenvalue weighted by Gasteiger charge is -2.24. The van der Waals surface area contributed by atoms with Crippen molar-refractivity contribution in [3.05, 3.63) is 58.1 Å². The van der Waals surface area contributed by atoms with E-state index in [1.807, 2.05) is 38.1 Å². The van der Waals surface area contributed by atoms with Crippen LogP contribution in [0.3, 0.4) is 0 Å². The van der Waals surface area contributed by atoms with Crippen molar-refractivity contribution in [2.45, 2.75) is 26.7 Å². The molecule has 140 valence electrons.